The van der Waals surface area contributed by atoms with Crippen molar-refractivity contribution >= 4 is 17.5 Å². The van der Waals surface area contributed by atoms with Crippen molar-refractivity contribution in [1.82, 2.24) is 9.97 Å². The van der Waals surface area contributed by atoms with Gasteiger partial charge in [0.15, 0.2) is 6.10 Å². The molecule has 0 fully saturated rings. The van der Waals surface area contributed by atoms with E-state index >= 15 is 0 Å². The van der Waals surface area contributed by atoms with Gasteiger partial charge >= 0.3 is 6.18 Å². The van der Waals surface area contributed by atoms with Crippen molar-refractivity contribution < 1.29 is 36.3 Å². The summed E-state index contributed by atoms with van der Waals surface area (Å²) in [5, 5.41) is 2.44. The number of nitrogens with two attached hydrogens (primary N) is 1. The number of nitrogens with one attached hydrogen (secondary N) is 1. The molecule has 1 unspecified atom stereocenters. The molecule has 0 spiro atoms. The first kappa shape index (κ1) is 25.1. The second-order valence-electron chi connectivity index (χ2n) is 6.52. The molecule has 0 aliphatic carbocycles. The number of carbonyl (C=O) groups is 2. The molecule has 3 heterocycles. The molecule has 174 valence electrons. The lowest BCUT2D eigenvalue weighted by molar-refractivity contribution is -0.220. The molecule has 2 aliphatic heterocycles. The van der Waals surface area contributed by atoms with Gasteiger partial charge in [0, 0.05) is 24.2 Å². The fourth-order valence-electron chi connectivity index (χ4n) is 2.98. The van der Waals surface area contributed by atoms with Gasteiger partial charge in [0.25, 0.3) is 5.91 Å². The Morgan fingerprint density at radius 2 is 1.88 bits per heavy atom. The van der Waals surface area contributed by atoms with Gasteiger partial charge in [0.05, 0.1) is 18.0 Å². The second kappa shape index (κ2) is 10.4. The van der Waals surface area contributed by atoms with E-state index < -0.39 is 35.6 Å². The predicted octanol–water partition coefficient (Wildman–Crippen LogP) is 3.97. The quantitative estimate of drug-likeness (QED) is 0.627. The lowest BCUT2D eigenvalue weighted by Crippen LogP contribution is -2.23. The predicted molar refractivity (Wildman–Crippen MR) is 103 cm³/mol. The number of aromatic nitrogens is 2. The molecule has 4 rings (SSSR count). The monoisotopic (exact) mass is 460 g/mol. The number of ether oxygens (including phenoxy) is 1. The Morgan fingerprint density at radius 1 is 1.19 bits per heavy atom. The minimum Gasteiger partial charge on any atom is -0.363 e. The van der Waals surface area contributed by atoms with Crippen molar-refractivity contribution in [2.24, 2.45) is 5.73 Å². The molecule has 0 bridgehead atoms. The molecule has 1 atom stereocenters. The van der Waals surface area contributed by atoms with Gasteiger partial charge in [-0.2, -0.15) is 13.2 Å². The minimum atomic E-state index is -4.56. The molecule has 32 heavy (non-hydrogen) atoms. The van der Waals surface area contributed by atoms with Crippen LogP contribution in [0.4, 0.5) is 27.6 Å². The molecule has 1 aromatic carbocycles. The van der Waals surface area contributed by atoms with Gasteiger partial charge < -0.3 is 15.8 Å². The standard InChI is InChI=1S/C10H9F2NO.C8H6F3N3O2.C2H6/c11-7-4-6-2-1-3-9(14)13-10(6)8(12)5-7;9-8(10,11)5-4-3(2-16-5)1-13-7(14-4)6(12)15;1-2/h4-5H,1-3H2,(H,13,14);1,5H,2H2,(H2,12,15);1-2H3. The van der Waals surface area contributed by atoms with Crippen LogP contribution in [0.5, 0.6) is 0 Å². The third-order valence-electron chi connectivity index (χ3n) is 4.32. The SMILES string of the molecule is CC.NC(=O)c1ncc2c(n1)C(C(F)(F)F)OC2.O=C1CCCc2cc(F)cc(F)c2N1. The highest BCUT2D eigenvalue weighted by atomic mass is 19.4. The number of hydrogen-bond acceptors (Lipinski definition) is 5. The third kappa shape index (κ3) is 5.96. The van der Waals surface area contributed by atoms with Gasteiger partial charge in [0.2, 0.25) is 11.7 Å². The van der Waals surface area contributed by atoms with Crippen molar-refractivity contribution in [2.75, 3.05) is 5.32 Å². The summed E-state index contributed by atoms with van der Waals surface area (Å²) in [6, 6.07) is 2.05. The van der Waals surface area contributed by atoms with Crippen LogP contribution in [0.3, 0.4) is 0 Å². The Bertz CT molecular complexity index is 998. The molecule has 2 aromatic rings. The first-order chi connectivity index (χ1) is 15.1. The lowest BCUT2D eigenvalue weighted by atomic mass is 10.1. The number of carbonyl (C=O) groups excluding carboxylic acids is 2. The van der Waals surface area contributed by atoms with Crippen LogP contribution in [-0.4, -0.2) is 28.0 Å². The number of amides is 2. The summed E-state index contributed by atoms with van der Waals surface area (Å²) in [5.74, 6) is -2.93. The second-order valence-corrected chi connectivity index (χ2v) is 6.52. The number of aryl methyl sites for hydroxylation is 1. The number of hydrogen-bond donors (Lipinski definition) is 2. The van der Waals surface area contributed by atoms with Gasteiger partial charge in [-0.25, -0.2) is 18.7 Å². The Balaban J connectivity index is 0.000000212. The van der Waals surface area contributed by atoms with Gasteiger partial charge in [-0.3, -0.25) is 9.59 Å². The first-order valence-corrected chi connectivity index (χ1v) is 9.68. The minimum absolute atomic E-state index is 0.133. The molecule has 0 radical (unpaired) electrons. The fourth-order valence-corrected chi connectivity index (χ4v) is 2.98. The number of rotatable bonds is 1. The summed E-state index contributed by atoms with van der Waals surface area (Å²) < 4.78 is 68.0. The largest absolute Gasteiger partial charge is 0.420 e. The van der Waals surface area contributed by atoms with E-state index in [0.717, 1.165) is 12.3 Å². The van der Waals surface area contributed by atoms with Crippen molar-refractivity contribution in [3.63, 3.8) is 0 Å². The Kier molecular flexibility index (Phi) is 8.19. The summed E-state index contributed by atoms with van der Waals surface area (Å²) in [7, 11) is 0. The van der Waals surface area contributed by atoms with Gasteiger partial charge in [-0.15, -0.1) is 0 Å². The van der Waals surface area contributed by atoms with Crippen LogP contribution in [0.15, 0.2) is 18.3 Å². The third-order valence-corrected chi connectivity index (χ3v) is 4.32. The van der Waals surface area contributed by atoms with Crippen LogP contribution < -0.4 is 11.1 Å². The smallest absolute Gasteiger partial charge is 0.363 e. The van der Waals surface area contributed by atoms with Crippen molar-refractivity contribution in [3.05, 3.63) is 52.6 Å². The molecule has 0 saturated heterocycles. The lowest BCUT2D eigenvalue weighted by Gasteiger charge is -2.13. The number of anilines is 1. The normalized spacial score (nSPS) is 16.8. The van der Waals surface area contributed by atoms with E-state index in [1.165, 1.54) is 6.07 Å². The van der Waals surface area contributed by atoms with Gasteiger partial charge in [0.1, 0.15) is 11.6 Å². The Morgan fingerprint density at radius 3 is 2.50 bits per heavy atom. The van der Waals surface area contributed by atoms with Crippen molar-refractivity contribution in [1.29, 1.82) is 0 Å². The van der Waals surface area contributed by atoms with Crippen molar-refractivity contribution in [3.8, 4) is 0 Å². The zero-order chi connectivity index (χ0) is 24.1. The molecule has 2 amide bonds. The summed E-state index contributed by atoms with van der Waals surface area (Å²) in [5.41, 5.74) is 5.42. The van der Waals surface area contributed by atoms with Crippen LogP contribution in [0.2, 0.25) is 0 Å². The molecular weight excluding hydrogens is 439 g/mol. The fraction of sp³-hybridized carbons (Fsp3) is 0.400. The van der Waals surface area contributed by atoms with E-state index in [0.29, 0.717) is 24.8 Å². The first-order valence-electron chi connectivity index (χ1n) is 9.68. The maximum absolute atomic E-state index is 13.2. The molecule has 3 N–H and O–H groups in total. The van der Waals surface area contributed by atoms with Crippen LogP contribution in [0.1, 0.15) is 60.2 Å². The number of halogens is 5. The van der Waals surface area contributed by atoms with Crippen LogP contribution >= 0.6 is 0 Å². The Hall–Kier alpha value is -3.15. The maximum atomic E-state index is 13.2. The average molecular weight is 460 g/mol. The summed E-state index contributed by atoms with van der Waals surface area (Å²) >= 11 is 0. The number of fused-ring (bicyclic) bond motifs is 2. The number of benzene rings is 1. The van der Waals surface area contributed by atoms with E-state index in [1.54, 1.807) is 0 Å². The van der Waals surface area contributed by atoms with E-state index in [-0.39, 0.29) is 29.5 Å². The number of nitrogens with zero attached hydrogens (tertiary/aromatic N) is 2. The van der Waals surface area contributed by atoms with Gasteiger partial charge in [-0.05, 0) is 24.5 Å². The Labute approximate surface area is 180 Å². The molecule has 2 aliphatic rings. The zero-order valence-corrected chi connectivity index (χ0v) is 17.2. The van der Waals surface area contributed by atoms with E-state index in [4.69, 9.17) is 5.73 Å². The summed E-state index contributed by atoms with van der Waals surface area (Å²) in [4.78, 5) is 28.8. The van der Waals surface area contributed by atoms with Gasteiger partial charge in [-0.1, -0.05) is 13.8 Å². The average Bonchev–Trinajstić information content (AvgIpc) is 3.07. The highest BCUT2D eigenvalue weighted by molar-refractivity contribution is 5.92. The molecule has 12 heteroatoms. The molecule has 0 saturated carbocycles. The summed E-state index contributed by atoms with van der Waals surface area (Å²) in [6.07, 6.45) is -4.04. The van der Waals surface area contributed by atoms with E-state index in [9.17, 15) is 31.5 Å². The molecule has 1 aromatic heterocycles. The highest BCUT2D eigenvalue weighted by Crippen LogP contribution is 2.41. The van der Waals surface area contributed by atoms with Crippen LogP contribution in [-0.2, 0) is 22.6 Å². The van der Waals surface area contributed by atoms with Crippen LogP contribution in [0, 0.1) is 11.6 Å². The number of primary amides is 1. The van der Waals surface area contributed by atoms with E-state index in [1.807, 2.05) is 13.8 Å². The number of alkyl halides is 3. The maximum Gasteiger partial charge on any atom is 0.420 e. The highest BCUT2D eigenvalue weighted by Gasteiger charge is 2.47. The van der Waals surface area contributed by atoms with Crippen LogP contribution in [0.25, 0.3) is 0 Å². The summed E-state index contributed by atoms with van der Waals surface area (Å²) in [6.45, 7) is 3.78. The zero-order valence-electron chi connectivity index (χ0n) is 17.2. The van der Waals surface area contributed by atoms with E-state index in [2.05, 4.69) is 20.0 Å². The van der Waals surface area contributed by atoms with Crippen molar-refractivity contribution in [2.45, 2.75) is 52.0 Å². The molecule has 7 nitrogen and oxygen atoms in total. The topological polar surface area (TPSA) is 107 Å². The molecular formula is C20H21F5N4O3.